The van der Waals surface area contributed by atoms with E-state index in [0.29, 0.717) is 28.2 Å². The molecule has 7 heteroatoms. The number of nitrogens with zero attached hydrogens (tertiary/aromatic N) is 2. The maximum atomic E-state index is 10.4. The molecule has 0 atom stereocenters. The minimum absolute atomic E-state index is 0.0333. The van der Waals surface area contributed by atoms with Crippen LogP contribution in [-0.4, -0.2) is 21.2 Å². The van der Waals surface area contributed by atoms with Crippen LogP contribution in [-0.2, 0) is 17.6 Å². The van der Waals surface area contributed by atoms with Crippen molar-refractivity contribution in [2.45, 2.75) is 19.3 Å². The zero-order valence-corrected chi connectivity index (χ0v) is 11.3. The molecule has 0 unspecified atom stereocenters. The van der Waals surface area contributed by atoms with E-state index >= 15 is 0 Å². The van der Waals surface area contributed by atoms with Crippen LogP contribution in [0.4, 0.5) is 0 Å². The predicted molar refractivity (Wildman–Crippen MR) is 69.5 cm³/mol. The Morgan fingerprint density at radius 2 is 2.11 bits per heavy atom. The second-order valence-electron chi connectivity index (χ2n) is 3.92. The molecule has 2 aromatic rings. The molecule has 0 fully saturated rings. The van der Waals surface area contributed by atoms with Gasteiger partial charge in [-0.3, -0.25) is 4.79 Å². The smallest absolute Gasteiger partial charge is 0.303 e. The summed E-state index contributed by atoms with van der Waals surface area (Å²) in [5, 5.41) is 13.3. The van der Waals surface area contributed by atoms with Crippen molar-refractivity contribution in [2.24, 2.45) is 0 Å². The third-order valence-electron chi connectivity index (χ3n) is 2.41. The van der Waals surface area contributed by atoms with Crippen molar-refractivity contribution in [2.75, 3.05) is 0 Å². The number of aliphatic carboxylic acids is 1. The maximum absolute atomic E-state index is 10.4. The van der Waals surface area contributed by atoms with Gasteiger partial charge in [0.05, 0.1) is 16.5 Å². The van der Waals surface area contributed by atoms with Crippen molar-refractivity contribution in [3.8, 4) is 0 Å². The van der Waals surface area contributed by atoms with Crippen LogP contribution >= 0.6 is 23.2 Å². The molecule has 0 saturated heterocycles. The molecule has 0 radical (unpaired) electrons. The molecular weight excluding hydrogens is 291 g/mol. The highest BCUT2D eigenvalue weighted by molar-refractivity contribution is 6.42. The summed E-state index contributed by atoms with van der Waals surface area (Å²) < 4.78 is 4.96. The van der Waals surface area contributed by atoms with Crippen molar-refractivity contribution in [1.82, 2.24) is 10.1 Å². The minimum atomic E-state index is -0.899. The molecule has 100 valence electrons. The Balaban J connectivity index is 2.02. The lowest BCUT2D eigenvalue weighted by Gasteiger charge is -1.99. The van der Waals surface area contributed by atoms with E-state index in [9.17, 15) is 4.79 Å². The summed E-state index contributed by atoms with van der Waals surface area (Å²) in [6, 6.07) is 5.25. The number of hydrogen-bond acceptors (Lipinski definition) is 4. The monoisotopic (exact) mass is 300 g/mol. The van der Waals surface area contributed by atoms with Gasteiger partial charge in [-0.25, -0.2) is 0 Å². The van der Waals surface area contributed by atoms with Crippen LogP contribution in [0.15, 0.2) is 22.7 Å². The molecule has 0 aliphatic rings. The number of carboxylic acid groups (broad SMARTS) is 1. The molecule has 0 aliphatic carbocycles. The van der Waals surface area contributed by atoms with Crippen molar-refractivity contribution >= 4 is 29.2 Å². The van der Waals surface area contributed by atoms with Crippen molar-refractivity contribution in [3.63, 3.8) is 0 Å². The zero-order valence-electron chi connectivity index (χ0n) is 9.77. The second-order valence-corrected chi connectivity index (χ2v) is 4.74. The van der Waals surface area contributed by atoms with Crippen molar-refractivity contribution in [1.29, 1.82) is 0 Å². The van der Waals surface area contributed by atoms with E-state index < -0.39 is 5.97 Å². The summed E-state index contributed by atoms with van der Waals surface area (Å²) in [5.74, 6) is -0.0968. The summed E-state index contributed by atoms with van der Waals surface area (Å²) >= 11 is 11.7. The standard InChI is InChI=1S/C12H10Cl2N2O3/c13-8-2-1-7(5-9(8)14)6-10-15-11(19-16-10)3-4-12(17)18/h1-2,5H,3-4,6H2,(H,17,18). The van der Waals surface area contributed by atoms with Crippen LogP contribution in [0.2, 0.25) is 10.0 Å². The van der Waals surface area contributed by atoms with E-state index in [1.54, 1.807) is 12.1 Å². The molecule has 1 aromatic carbocycles. The lowest BCUT2D eigenvalue weighted by Crippen LogP contribution is -1.98. The first-order chi connectivity index (χ1) is 9.04. The summed E-state index contributed by atoms with van der Waals surface area (Å²) in [6.45, 7) is 0. The van der Waals surface area contributed by atoms with Gasteiger partial charge in [0.15, 0.2) is 5.82 Å². The van der Waals surface area contributed by atoms with Gasteiger partial charge in [0.2, 0.25) is 5.89 Å². The molecule has 0 aliphatic heterocycles. The van der Waals surface area contributed by atoms with E-state index in [4.69, 9.17) is 32.8 Å². The Morgan fingerprint density at radius 1 is 1.32 bits per heavy atom. The molecule has 5 nitrogen and oxygen atoms in total. The number of aromatic nitrogens is 2. The fraction of sp³-hybridized carbons (Fsp3) is 0.250. The topological polar surface area (TPSA) is 76.2 Å². The average Bonchev–Trinajstić information content (AvgIpc) is 2.79. The van der Waals surface area contributed by atoms with Gasteiger partial charge in [-0.15, -0.1) is 0 Å². The Kier molecular flexibility index (Phi) is 4.39. The van der Waals surface area contributed by atoms with Gasteiger partial charge < -0.3 is 9.63 Å². The Bertz CT molecular complexity index is 598. The van der Waals surface area contributed by atoms with Crippen LogP contribution in [0.1, 0.15) is 23.7 Å². The number of rotatable bonds is 5. The molecule has 1 aromatic heterocycles. The predicted octanol–water partition coefficient (Wildman–Crippen LogP) is 2.98. The number of aryl methyl sites for hydroxylation is 1. The Hall–Kier alpha value is -1.59. The van der Waals surface area contributed by atoms with Crippen molar-refractivity contribution in [3.05, 3.63) is 45.5 Å². The lowest BCUT2D eigenvalue weighted by molar-refractivity contribution is -0.137. The van der Waals surface area contributed by atoms with Crippen LogP contribution in [0.3, 0.4) is 0 Å². The number of halogens is 2. The van der Waals surface area contributed by atoms with Gasteiger partial charge in [-0.2, -0.15) is 4.98 Å². The van der Waals surface area contributed by atoms with Crippen LogP contribution in [0.25, 0.3) is 0 Å². The minimum Gasteiger partial charge on any atom is -0.481 e. The summed E-state index contributed by atoms with van der Waals surface area (Å²) in [6.07, 6.45) is 0.644. The summed E-state index contributed by atoms with van der Waals surface area (Å²) in [7, 11) is 0. The summed E-state index contributed by atoms with van der Waals surface area (Å²) in [5.41, 5.74) is 0.903. The zero-order chi connectivity index (χ0) is 13.8. The van der Waals surface area contributed by atoms with E-state index in [2.05, 4.69) is 10.1 Å². The highest BCUT2D eigenvalue weighted by atomic mass is 35.5. The average molecular weight is 301 g/mol. The number of benzene rings is 1. The first-order valence-corrected chi connectivity index (χ1v) is 6.27. The van der Waals surface area contributed by atoms with E-state index in [-0.39, 0.29) is 12.8 Å². The highest BCUT2D eigenvalue weighted by Gasteiger charge is 2.09. The first kappa shape index (κ1) is 13.8. The van der Waals surface area contributed by atoms with E-state index in [0.717, 1.165) is 5.56 Å². The molecule has 2 rings (SSSR count). The fourth-order valence-corrected chi connectivity index (χ4v) is 1.83. The Labute approximate surface area is 119 Å². The van der Waals surface area contributed by atoms with E-state index in [1.807, 2.05) is 6.07 Å². The SMILES string of the molecule is O=C(O)CCc1nc(Cc2ccc(Cl)c(Cl)c2)no1. The third kappa shape index (κ3) is 3.94. The molecule has 19 heavy (non-hydrogen) atoms. The quantitative estimate of drug-likeness (QED) is 0.918. The molecule has 0 spiro atoms. The Morgan fingerprint density at radius 3 is 2.79 bits per heavy atom. The van der Waals surface area contributed by atoms with Gasteiger partial charge in [-0.1, -0.05) is 34.4 Å². The largest absolute Gasteiger partial charge is 0.481 e. The number of carboxylic acids is 1. The number of hydrogen-bond donors (Lipinski definition) is 1. The van der Waals surface area contributed by atoms with Crippen LogP contribution < -0.4 is 0 Å². The van der Waals surface area contributed by atoms with E-state index in [1.165, 1.54) is 0 Å². The first-order valence-electron chi connectivity index (χ1n) is 5.52. The van der Waals surface area contributed by atoms with Crippen LogP contribution in [0, 0.1) is 0 Å². The molecule has 0 amide bonds. The molecular formula is C12H10Cl2N2O3. The normalized spacial score (nSPS) is 10.6. The van der Waals surface area contributed by atoms with Gasteiger partial charge in [0.1, 0.15) is 0 Å². The summed E-state index contributed by atoms with van der Waals surface area (Å²) in [4.78, 5) is 14.5. The number of carbonyl (C=O) groups is 1. The third-order valence-corrected chi connectivity index (χ3v) is 3.15. The fourth-order valence-electron chi connectivity index (χ4n) is 1.51. The maximum Gasteiger partial charge on any atom is 0.303 e. The molecule has 0 saturated carbocycles. The molecule has 1 N–H and O–H groups in total. The van der Waals surface area contributed by atoms with Crippen LogP contribution in [0.5, 0.6) is 0 Å². The highest BCUT2D eigenvalue weighted by Crippen LogP contribution is 2.23. The molecule has 1 heterocycles. The lowest BCUT2D eigenvalue weighted by atomic mass is 10.1. The van der Waals surface area contributed by atoms with Crippen molar-refractivity contribution < 1.29 is 14.4 Å². The van der Waals surface area contributed by atoms with Gasteiger partial charge in [0.25, 0.3) is 0 Å². The molecule has 0 bridgehead atoms. The van der Waals surface area contributed by atoms with Gasteiger partial charge in [0, 0.05) is 12.8 Å². The second kappa shape index (κ2) is 6.04. The van der Waals surface area contributed by atoms with Gasteiger partial charge >= 0.3 is 5.97 Å². The van der Waals surface area contributed by atoms with Gasteiger partial charge in [-0.05, 0) is 17.7 Å².